The number of piperidine rings is 1. The predicted octanol–water partition coefficient (Wildman–Crippen LogP) is 3.34. The third-order valence-corrected chi connectivity index (χ3v) is 6.54. The van der Waals surface area contributed by atoms with Crippen molar-refractivity contribution in [2.24, 2.45) is 0 Å². The van der Waals surface area contributed by atoms with Crippen LogP contribution < -0.4 is 10.2 Å². The molecule has 8 heteroatoms. The Morgan fingerprint density at radius 1 is 1.11 bits per heavy atom. The van der Waals surface area contributed by atoms with Crippen LogP contribution in [0.4, 0.5) is 5.69 Å². The van der Waals surface area contributed by atoms with Crippen LogP contribution in [0.3, 0.4) is 0 Å². The molecule has 1 heterocycles. The van der Waals surface area contributed by atoms with Gasteiger partial charge >= 0.3 is 0 Å². The Bertz CT molecular complexity index is 1240. The number of hydrogen-bond donors (Lipinski definition) is 5. The molecular weight excluding hydrogens is 470 g/mol. The van der Waals surface area contributed by atoms with Crippen molar-refractivity contribution in [2.75, 3.05) is 24.5 Å². The highest BCUT2D eigenvalue weighted by Crippen LogP contribution is 2.26. The van der Waals surface area contributed by atoms with E-state index in [0.717, 1.165) is 29.9 Å². The number of aliphatic hydroxyl groups excluding tert-OH is 4. The van der Waals surface area contributed by atoms with E-state index < -0.39 is 30.0 Å². The quantitative estimate of drug-likeness (QED) is 0.153. The summed E-state index contributed by atoms with van der Waals surface area (Å²) in [6, 6.07) is 14.0. The fourth-order valence-electron chi connectivity index (χ4n) is 4.29. The van der Waals surface area contributed by atoms with Gasteiger partial charge in [-0.3, -0.25) is 4.79 Å². The number of allylic oxidation sites excluding steroid dienone is 1. The molecule has 3 atom stereocenters. The molecule has 1 fully saturated rings. The lowest BCUT2D eigenvalue weighted by Crippen LogP contribution is -2.35. The number of hydrogen-bond acceptors (Lipinski definition) is 7. The van der Waals surface area contributed by atoms with Crippen LogP contribution in [0, 0.1) is 11.3 Å². The maximum atomic E-state index is 12.7. The molecule has 0 saturated carbocycles. The molecule has 1 unspecified atom stereocenters. The standard InChI is InChI=1S/C29H35N3O5/c1-3-21(28(36)27(35)16-26(34)19(2)33)18-31-29(37)24(17-30)14-20-7-8-23-15-25(10-9-22(23)13-20)32-11-5-4-6-12-32/h3,7-10,13-16,19,27-28,33-36H,4-6,11-12,18H2,1-2H3,(H,31,37)/b21-3-,24-14+,26-16?/t19?,27-,28-/m1/s1. The topological polar surface area (TPSA) is 137 Å². The van der Waals surface area contributed by atoms with Gasteiger partial charge in [0.05, 0.1) is 0 Å². The van der Waals surface area contributed by atoms with Crippen LogP contribution in [-0.2, 0) is 4.79 Å². The lowest BCUT2D eigenvalue weighted by atomic mass is 10.0. The van der Waals surface area contributed by atoms with Crippen molar-refractivity contribution in [3.8, 4) is 6.07 Å². The summed E-state index contributed by atoms with van der Waals surface area (Å²) in [7, 11) is 0. The molecule has 0 aromatic heterocycles. The van der Waals surface area contributed by atoms with Crippen molar-refractivity contribution in [3.05, 3.63) is 71.0 Å². The van der Waals surface area contributed by atoms with Crippen LogP contribution in [0.15, 0.2) is 65.5 Å². The average molecular weight is 506 g/mol. The average Bonchev–Trinajstić information content (AvgIpc) is 2.91. The minimum Gasteiger partial charge on any atom is -0.510 e. The van der Waals surface area contributed by atoms with E-state index in [9.17, 15) is 30.5 Å². The maximum absolute atomic E-state index is 12.7. The van der Waals surface area contributed by atoms with Gasteiger partial charge < -0.3 is 30.6 Å². The monoisotopic (exact) mass is 505 g/mol. The van der Waals surface area contributed by atoms with Crippen LogP contribution in [0.1, 0.15) is 38.7 Å². The van der Waals surface area contributed by atoms with Gasteiger partial charge in [0, 0.05) is 25.3 Å². The SMILES string of the molecule is C/C=C(/CNC(=O)/C(C#N)=C/c1ccc2cc(N3CCCCC3)ccc2c1)[C@@H](O)[C@H](O)C=C(O)C(C)O. The highest BCUT2D eigenvalue weighted by atomic mass is 16.3. The fraction of sp³-hybridized carbons (Fsp3) is 0.379. The van der Waals surface area contributed by atoms with E-state index in [-0.39, 0.29) is 17.7 Å². The first-order chi connectivity index (χ1) is 17.7. The van der Waals surface area contributed by atoms with E-state index in [1.54, 1.807) is 6.92 Å². The van der Waals surface area contributed by atoms with Crippen molar-refractivity contribution in [3.63, 3.8) is 0 Å². The first kappa shape index (κ1) is 27.9. The van der Waals surface area contributed by atoms with Crippen LogP contribution in [0.5, 0.6) is 0 Å². The van der Waals surface area contributed by atoms with Gasteiger partial charge in [-0.1, -0.05) is 24.3 Å². The molecule has 2 aromatic rings. The number of rotatable bonds is 9. The molecule has 0 spiro atoms. The summed E-state index contributed by atoms with van der Waals surface area (Å²) < 4.78 is 0. The molecule has 3 rings (SSSR count). The smallest absolute Gasteiger partial charge is 0.262 e. The van der Waals surface area contributed by atoms with Crippen molar-refractivity contribution in [2.45, 2.75) is 51.4 Å². The molecule has 0 radical (unpaired) electrons. The largest absolute Gasteiger partial charge is 0.510 e. The van der Waals surface area contributed by atoms with Gasteiger partial charge in [-0.25, -0.2) is 0 Å². The summed E-state index contributed by atoms with van der Waals surface area (Å²) in [5, 5.41) is 53.7. The summed E-state index contributed by atoms with van der Waals surface area (Å²) in [6.45, 7) is 4.97. The Labute approximate surface area is 217 Å². The molecule has 1 aliphatic heterocycles. The van der Waals surface area contributed by atoms with Crippen LogP contribution >= 0.6 is 0 Å². The third kappa shape index (κ3) is 7.43. The highest BCUT2D eigenvalue weighted by molar-refractivity contribution is 6.02. The van der Waals surface area contributed by atoms with Gasteiger partial charge in [0.2, 0.25) is 0 Å². The van der Waals surface area contributed by atoms with Crippen molar-refractivity contribution < 1.29 is 25.2 Å². The van der Waals surface area contributed by atoms with Gasteiger partial charge in [-0.05, 0) is 85.4 Å². The number of amides is 1. The Morgan fingerprint density at radius 3 is 2.43 bits per heavy atom. The Kier molecular flexibility index (Phi) is 9.86. The van der Waals surface area contributed by atoms with Crippen molar-refractivity contribution >= 4 is 28.4 Å². The van der Waals surface area contributed by atoms with Crippen LogP contribution in [-0.4, -0.2) is 64.3 Å². The minimum absolute atomic E-state index is 0.0959. The molecule has 196 valence electrons. The minimum atomic E-state index is -1.49. The zero-order valence-corrected chi connectivity index (χ0v) is 21.3. The van der Waals surface area contributed by atoms with Gasteiger partial charge in [0.1, 0.15) is 35.7 Å². The van der Waals surface area contributed by atoms with Gasteiger partial charge in [-0.15, -0.1) is 0 Å². The zero-order chi connectivity index (χ0) is 26.9. The normalized spacial score (nSPS) is 17.7. The highest BCUT2D eigenvalue weighted by Gasteiger charge is 2.21. The molecular formula is C29H35N3O5. The van der Waals surface area contributed by atoms with E-state index in [1.807, 2.05) is 24.3 Å². The second kappa shape index (κ2) is 13.1. The molecule has 1 aliphatic rings. The number of anilines is 1. The van der Waals surface area contributed by atoms with Crippen molar-refractivity contribution in [1.82, 2.24) is 5.32 Å². The fourth-order valence-corrected chi connectivity index (χ4v) is 4.29. The summed E-state index contributed by atoms with van der Waals surface area (Å²) >= 11 is 0. The van der Waals surface area contributed by atoms with Crippen LogP contribution in [0.2, 0.25) is 0 Å². The molecule has 0 bridgehead atoms. The second-order valence-electron chi connectivity index (χ2n) is 9.26. The van der Waals surface area contributed by atoms with E-state index in [0.29, 0.717) is 5.56 Å². The number of aliphatic hydroxyl groups is 4. The van der Waals surface area contributed by atoms with E-state index in [2.05, 4.69) is 28.4 Å². The summed E-state index contributed by atoms with van der Waals surface area (Å²) in [5.41, 5.74) is 2.10. The van der Waals surface area contributed by atoms with Crippen molar-refractivity contribution in [1.29, 1.82) is 5.26 Å². The zero-order valence-electron chi connectivity index (χ0n) is 21.3. The number of carbonyl (C=O) groups is 1. The number of nitrogens with one attached hydrogen (secondary N) is 1. The summed E-state index contributed by atoms with van der Waals surface area (Å²) in [4.78, 5) is 15.1. The number of nitrogens with zero attached hydrogens (tertiary/aromatic N) is 2. The number of benzene rings is 2. The Hall–Kier alpha value is -3.64. The van der Waals surface area contributed by atoms with E-state index >= 15 is 0 Å². The number of fused-ring (bicyclic) bond motifs is 1. The maximum Gasteiger partial charge on any atom is 0.262 e. The third-order valence-electron chi connectivity index (χ3n) is 6.54. The molecule has 0 aliphatic carbocycles. The molecule has 8 nitrogen and oxygen atoms in total. The Morgan fingerprint density at radius 2 is 1.78 bits per heavy atom. The lowest BCUT2D eigenvalue weighted by molar-refractivity contribution is -0.116. The van der Waals surface area contributed by atoms with Gasteiger partial charge in [0.15, 0.2) is 0 Å². The first-order valence-corrected chi connectivity index (χ1v) is 12.5. The van der Waals surface area contributed by atoms with Gasteiger partial charge in [0.25, 0.3) is 5.91 Å². The number of carbonyl (C=O) groups excluding carboxylic acids is 1. The molecule has 37 heavy (non-hydrogen) atoms. The lowest BCUT2D eigenvalue weighted by Gasteiger charge is -2.29. The first-order valence-electron chi connectivity index (χ1n) is 12.5. The molecule has 5 N–H and O–H groups in total. The van der Waals surface area contributed by atoms with Crippen LogP contribution in [0.25, 0.3) is 16.8 Å². The van der Waals surface area contributed by atoms with E-state index in [4.69, 9.17) is 0 Å². The van der Waals surface area contributed by atoms with E-state index in [1.165, 1.54) is 44.0 Å². The van der Waals surface area contributed by atoms with Gasteiger partial charge in [-0.2, -0.15) is 5.26 Å². The molecule has 1 saturated heterocycles. The predicted molar refractivity (Wildman–Crippen MR) is 145 cm³/mol. The summed E-state index contributed by atoms with van der Waals surface area (Å²) in [5.74, 6) is -1.09. The molecule has 1 amide bonds. The second-order valence-corrected chi connectivity index (χ2v) is 9.26. The number of nitriles is 1. The summed E-state index contributed by atoms with van der Waals surface area (Å²) in [6.07, 6.45) is 3.57. The molecule has 2 aromatic carbocycles. The Balaban J connectivity index is 1.69.